The molecule has 16 rings (SSSR count). The van der Waals surface area contributed by atoms with Crippen molar-refractivity contribution >= 4 is 56.8 Å². The third-order valence-corrected chi connectivity index (χ3v) is 23.5. The number of hydrogen-bond acceptors (Lipinski definition) is 9. The molecule has 0 saturated carbocycles. The lowest BCUT2D eigenvalue weighted by atomic mass is 9.82. The summed E-state index contributed by atoms with van der Waals surface area (Å²) in [6.45, 7) is 6.12. The Labute approximate surface area is 662 Å². The second-order valence-electron chi connectivity index (χ2n) is 29.4. The molecule has 5 aromatic heterocycles. The summed E-state index contributed by atoms with van der Waals surface area (Å²) in [4.78, 5) is 120. The van der Waals surface area contributed by atoms with Gasteiger partial charge in [0, 0.05) is 104 Å². The molecule has 0 aliphatic heterocycles. The van der Waals surface area contributed by atoms with Crippen molar-refractivity contribution in [2.75, 3.05) is 0 Å². The van der Waals surface area contributed by atoms with Gasteiger partial charge in [-0.1, -0.05) is 235 Å². The highest BCUT2D eigenvalue weighted by Gasteiger charge is 2.28. The number of rotatable bonds is 16. The van der Waals surface area contributed by atoms with Crippen molar-refractivity contribution in [1.82, 2.24) is 39.9 Å². The Morgan fingerprint density at radius 3 is 1.03 bits per heavy atom. The van der Waals surface area contributed by atoms with Gasteiger partial charge in [-0.05, 0) is 188 Å². The smallest absolute Gasteiger partial charge is 0.311 e. The number of halogens is 2. The van der Waals surface area contributed by atoms with E-state index in [1.165, 1.54) is 38.3 Å². The monoisotopic (exact) mass is 1550 g/mol. The van der Waals surface area contributed by atoms with E-state index >= 15 is 0 Å². The Kier molecular flexibility index (Phi) is 26.0. The molecule has 4 atom stereocenters. The molecule has 0 bridgehead atoms. The average molecular weight is 1550 g/mol. The summed E-state index contributed by atoms with van der Waals surface area (Å²) in [6, 6.07) is 64.5. The van der Waals surface area contributed by atoms with Crippen molar-refractivity contribution in [3.63, 3.8) is 0 Å². The van der Waals surface area contributed by atoms with Crippen LogP contribution in [0.2, 0.25) is 10.0 Å². The van der Waals surface area contributed by atoms with E-state index in [4.69, 9.17) is 23.2 Å². The lowest BCUT2D eigenvalue weighted by Gasteiger charge is -2.24. The molecule has 19 heteroatoms. The molecule has 0 fully saturated rings. The fourth-order valence-corrected chi connectivity index (χ4v) is 17.2. The summed E-state index contributed by atoms with van der Waals surface area (Å²) >= 11 is 14.7. The molecule has 0 spiro atoms. The van der Waals surface area contributed by atoms with Crippen molar-refractivity contribution < 1.29 is 0 Å². The normalized spacial score (nSPS) is 16.7. The first kappa shape index (κ1) is 78.6. The number of H-pyrrole nitrogens is 8. The van der Waals surface area contributed by atoms with Crippen molar-refractivity contribution in [3.8, 4) is 0 Å². The van der Waals surface area contributed by atoms with Crippen LogP contribution in [0.15, 0.2) is 262 Å². The Bertz CT molecular complexity index is 5950. The Balaban J connectivity index is 0.000000131. The van der Waals surface area contributed by atoms with Crippen LogP contribution in [0.25, 0.3) is 22.3 Å². The molecule has 4 unspecified atom stereocenters. The third-order valence-electron chi connectivity index (χ3n) is 21.7. The second kappa shape index (κ2) is 37.0. The molecule has 8 N–H and O–H groups in total. The fraction of sp³-hybridized carbons (Fsp3) is 0.247. The minimum atomic E-state index is -0.446. The van der Waals surface area contributed by atoms with Crippen LogP contribution in [0.5, 0.6) is 0 Å². The summed E-state index contributed by atoms with van der Waals surface area (Å²) < 4.78 is 0. The maximum atomic E-state index is 12.6. The van der Waals surface area contributed by atoms with Gasteiger partial charge in [0.1, 0.15) is 0 Å². The minimum Gasteiger partial charge on any atom is -0.311 e. The molecule has 7 aromatic carbocycles. The predicted octanol–water partition coefficient (Wildman–Crippen LogP) is 18.3. The average Bonchev–Trinajstić information content (AvgIpc) is 2.28. The maximum absolute atomic E-state index is 12.6. The molecular weight excluding hydrogens is 1460 g/mol. The van der Waals surface area contributed by atoms with E-state index in [0.717, 1.165) is 154 Å². The highest BCUT2D eigenvalue weighted by molar-refractivity contribution is 7.11. The van der Waals surface area contributed by atoms with Crippen molar-refractivity contribution in [2.45, 2.75) is 147 Å². The van der Waals surface area contributed by atoms with E-state index in [9.17, 15) is 38.4 Å². The Hall–Kier alpha value is -11.5. The third kappa shape index (κ3) is 20.0. The van der Waals surface area contributed by atoms with Gasteiger partial charge in [-0.2, -0.15) is 0 Å². The van der Waals surface area contributed by atoms with Crippen LogP contribution < -0.4 is 45.0 Å². The van der Waals surface area contributed by atoms with E-state index in [1.54, 1.807) is 11.3 Å². The van der Waals surface area contributed by atoms with Crippen LogP contribution in [0.1, 0.15) is 206 Å². The van der Waals surface area contributed by atoms with E-state index in [2.05, 4.69) is 131 Å². The van der Waals surface area contributed by atoms with Crippen LogP contribution in [0.4, 0.5) is 0 Å². The van der Waals surface area contributed by atoms with Gasteiger partial charge in [-0.3, -0.25) is 39.1 Å². The molecule has 570 valence electrons. The van der Waals surface area contributed by atoms with E-state index < -0.39 is 22.8 Å². The van der Waals surface area contributed by atoms with Crippen molar-refractivity contribution in [1.29, 1.82) is 0 Å². The standard InChI is InChI=1S/2C24H23ClN2O2.C24H24N2O2.C21H20N2O2S/c1-15-6-5-9-19(21(15)25)17-10-12-18(13-11-17)22-20(23(28)27-24(29)26-22)14-16-7-3-2-4-8-16;1-15-7-12-19(21(25)13-15)17-8-10-18(11-9-17)22-20(23(28)27-24(29)26-22)14-16-5-3-2-4-6-16;1-16-7-9-18(10-8-16)19-11-13-20(14-12-19)22-21(23(27)26-24(28)25-22)15-17-5-3-2-4-6-17;24-20-17(13-14-5-2-1-3-6-14)19(22-21(25)23-20)16-10-8-15(9-11-16)18-7-4-12-26-18/h2-10,18H,11-14H2,1H3,(H2,26,27,28,29);2-8,12-13,18H,9-11,14H2,1H3,(H2,26,27,28,29);2-11,20H,12-15H2,1H3,(H2,25,26,27,28);1-8,12,16H,9-11,13H2,(H2,22,23,24,25). The fourth-order valence-electron chi connectivity index (χ4n) is 15.8. The summed E-state index contributed by atoms with van der Waals surface area (Å²) in [5.74, 6) is 0.545. The van der Waals surface area contributed by atoms with Gasteiger partial charge in [0.15, 0.2) is 0 Å². The van der Waals surface area contributed by atoms with Gasteiger partial charge in [-0.15, -0.1) is 11.3 Å². The van der Waals surface area contributed by atoms with Crippen LogP contribution in [0.3, 0.4) is 0 Å². The maximum Gasteiger partial charge on any atom is 0.325 e. The first-order valence-corrected chi connectivity index (χ1v) is 39.9. The number of nitrogens with one attached hydrogen (secondary N) is 8. The number of aromatic nitrogens is 8. The number of benzene rings is 7. The first-order valence-electron chi connectivity index (χ1n) is 38.3. The number of aryl methyl sites for hydroxylation is 3. The molecule has 12 aromatic rings. The topological polar surface area (TPSA) is 263 Å². The highest BCUT2D eigenvalue weighted by atomic mass is 35.5. The Morgan fingerprint density at radius 1 is 0.339 bits per heavy atom. The van der Waals surface area contributed by atoms with E-state index in [1.807, 2.05) is 153 Å². The van der Waals surface area contributed by atoms with Crippen LogP contribution in [-0.4, -0.2) is 39.9 Å². The number of hydrogen-bond donors (Lipinski definition) is 8. The van der Waals surface area contributed by atoms with E-state index in [-0.39, 0.29) is 45.9 Å². The zero-order valence-corrected chi connectivity index (χ0v) is 65.2. The van der Waals surface area contributed by atoms with Crippen LogP contribution in [0, 0.1) is 20.8 Å². The second-order valence-corrected chi connectivity index (χ2v) is 31.2. The largest absolute Gasteiger partial charge is 0.325 e. The van der Waals surface area contributed by atoms with Crippen LogP contribution in [-0.2, 0) is 25.7 Å². The molecule has 16 nitrogen and oxygen atoms in total. The van der Waals surface area contributed by atoms with Crippen LogP contribution >= 0.6 is 34.5 Å². The van der Waals surface area contributed by atoms with Gasteiger partial charge in [0.25, 0.3) is 22.2 Å². The van der Waals surface area contributed by atoms with Gasteiger partial charge in [-0.25, -0.2) is 19.2 Å². The van der Waals surface area contributed by atoms with E-state index in [0.29, 0.717) is 47.9 Å². The number of allylic oxidation sites excluding steroid dienone is 8. The lowest BCUT2D eigenvalue weighted by Crippen LogP contribution is -2.30. The summed E-state index contributed by atoms with van der Waals surface area (Å²) in [7, 11) is 0. The predicted molar refractivity (Wildman–Crippen MR) is 454 cm³/mol. The molecule has 4 aliphatic rings. The number of thiophene rings is 1. The summed E-state index contributed by atoms with van der Waals surface area (Å²) in [5, 5.41) is 3.66. The minimum absolute atomic E-state index is 0.107. The molecule has 0 amide bonds. The summed E-state index contributed by atoms with van der Waals surface area (Å²) in [6.07, 6.45) is 21.3. The lowest BCUT2D eigenvalue weighted by molar-refractivity contribution is 0.596. The zero-order valence-electron chi connectivity index (χ0n) is 62.9. The molecule has 5 heterocycles. The zero-order chi connectivity index (χ0) is 78.2. The van der Waals surface area contributed by atoms with Crippen molar-refractivity contribution in [3.05, 3.63) is 423 Å². The SMILES string of the molecule is Cc1ccc(C2=CCC(c3[nH]c(=O)[nH]c(=O)c3Cc3ccccc3)CC2)c(Cl)c1.Cc1ccc(C2=CCC(c3[nH]c(=O)[nH]c(=O)c3Cc3ccccc3)CC2)cc1.Cc1cccc(C2=CCC(c3[nH]c(=O)[nH]c(=O)c3Cc3ccccc3)CC2)c1Cl.O=c1[nH]c(C2CC=C(c3cccs3)CC2)c(Cc2ccccc2)c(=O)[nH]1. The summed E-state index contributed by atoms with van der Waals surface area (Å²) in [5.41, 5.74) is 19.1. The van der Waals surface area contributed by atoms with Gasteiger partial charge < -0.3 is 19.9 Å². The van der Waals surface area contributed by atoms with Gasteiger partial charge >= 0.3 is 22.8 Å². The molecule has 112 heavy (non-hydrogen) atoms. The van der Waals surface area contributed by atoms with Gasteiger partial charge in [0.05, 0.1) is 5.02 Å². The molecular formula is C93H90Cl2N8O8S. The molecule has 0 saturated heterocycles. The quantitative estimate of drug-likeness (QED) is 0.0460. The number of aromatic amines is 8. The van der Waals surface area contributed by atoms with Gasteiger partial charge in [0.2, 0.25) is 0 Å². The molecule has 4 aliphatic carbocycles. The first-order chi connectivity index (χ1) is 54.3. The molecule has 0 radical (unpaired) electrons. The van der Waals surface area contributed by atoms with Crippen molar-refractivity contribution in [2.24, 2.45) is 0 Å². The highest BCUT2D eigenvalue weighted by Crippen LogP contribution is 2.42. The Morgan fingerprint density at radius 2 is 0.688 bits per heavy atom.